The van der Waals surface area contributed by atoms with Crippen LogP contribution in [-0.2, 0) is 4.79 Å². The molecule has 0 aromatic heterocycles. The quantitative estimate of drug-likeness (QED) is 0.384. The van der Waals surface area contributed by atoms with Crippen molar-refractivity contribution in [2.24, 2.45) is 5.73 Å². The van der Waals surface area contributed by atoms with Crippen LogP contribution in [0.2, 0.25) is 0 Å². The van der Waals surface area contributed by atoms with Crippen LogP contribution in [0.25, 0.3) is 0 Å². The zero-order valence-corrected chi connectivity index (χ0v) is 14.3. The van der Waals surface area contributed by atoms with E-state index in [2.05, 4.69) is 6.92 Å². The van der Waals surface area contributed by atoms with Gasteiger partial charge in [-0.25, -0.2) is 0 Å². The van der Waals surface area contributed by atoms with Crippen LogP contribution in [0.15, 0.2) is 0 Å². The van der Waals surface area contributed by atoms with Gasteiger partial charge in [-0.3, -0.25) is 4.79 Å². The van der Waals surface area contributed by atoms with Gasteiger partial charge in [-0.05, 0) is 6.42 Å². The van der Waals surface area contributed by atoms with Crippen molar-refractivity contribution in [3.63, 3.8) is 0 Å². The Hall–Kier alpha value is -0.240. The highest BCUT2D eigenvalue weighted by atomic mass is 35.5. The van der Waals surface area contributed by atoms with Crippen LogP contribution in [0.3, 0.4) is 0 Å². The highest BCUT2D eigenvalue weighted by Gasteiger charge is 1.95. The number of hydrogen-bond acceptors (Lipinski definition) is 1. The van der Waals surface area contributed by atoms with E-state index >= 15 is 0 Å². The summed E-state index contributed by atoms with van der Waals surface area (Å²) < 4.78 is 0. The van der Waals surface area contributed by atoms with Gasteiger partial charge in [-0.2, -0.15) is 0 Å². The molecule has 1 amide bonds. The molecule has 2 N–H and O–H groups in total. The second-order valence-electron chi connectivity index (χ2n) is 5.81. The van der Waals surface area contributed by atoms with Crippen LogP contribution in [0.1, 0.15) is 103 Å². The van der Waals surface area contributed by atoms with Crippen molar-refractivity contribution in [3.8, 4) is 0 Å². The van der Waals surface area contributed by atoms with E-state index in [9.17, 15) is 4.79 Å². The molecule has 0 aromatic carbocycles. The molecular weight excluding hydrogens is 270 g/mol. The van der Waals surface area contributed by atoms with E-state index in [1.807, 2.05) is 0 Å². The number of carbonyl (C=O) groups excluding carboxylic acids is 1. The second-order valence-corrected chi connectivity index (χ2v) is 5.81. The number of rotatable bonds is 15. The molecule has 2 nitrogen and oxygen atoms in total. The standard InChI is InChI=1S/C17H35NO.ClH/c1-2-3-4-5-6-7-8-9-10-11-12-13-14-15-16-17(18)19;/h2-16H2,1H3,(H2,18,19);1H. The van der Waals surface area contributed by atoms with Gasteiger partial charge >= 0.3 is 0 Å². The van der Waals surface area contributed by atoms with E-state index in [0.29, 0.717) is 6.42 Å². The molecule has 0 heterocycles. The Labute approximate surface area is 132 Å². The summed E-state index contributed by atoms with van der Waals surface area (Å²) in [5.74, 6) is -0.154. The van der Waals surface area contributed by atoms with Crippen molar-refractivity contribution >= 4 is 18.3 Å². The number of amides is 1. The highest BCUT2D eigenvalue weighted by Crippen LogP contribution is 2.13. The van der Waals surface area contributed by atoms with Crippen LogP contribution in [0.4, 0.5) is 0 Å². The normalized spacial score (nSPS) is 10.2. The molecule has 122 valence electrons. The lowest BCUT2D eigenvalue weighted by atomic mass is 10.0. The maximum absolute atomic E-state index is 10.5. The predicted molar refractivity (Wildman–Crippen MR) is 91.4 cm³/mol. The fourth-order valence-electron chi connectivity index (χ4n) is 2.49. The Morgan fingerprint density at radius 3 is 1.25 bits per heavy atom. The topological polar surface area (TPSA) is 43.1 Å². The van der Waals surface area contributed by atoms with Gasteiger partial charge in [0.1, 0.15) is 0 Å². The molecule has 0 aliphatic rings. The summed E-state index contributed by atoms with van der Waals surface area (Å²) in [6.45, 7) is 2.27. The van der Waals surface area contributed by atoms with Crippen LogP contribution in [0, 0.1) is 0 Å². The first-order valence-electron chi connectivity index (χ1n) is 8.55. The third kappa shape index (κ3) is 20.1. The van der Waals surface area contributed by atoms with Gasteiger partial charge in [0.25, 0.3) is 0 Å². The van der Waals surface area contributed by atoms with Crippen LogP contribution in [0.5, 0.6) is 0 Å². The molecule has 0 radical (unpaired) electrons. The zero-order chi connectivity index (χ0) is 14.2. The minimum Gasteiger partial charge on any atom is -0.370 e. The Kier molecular flexibility index (Phi) is 20.7. The molecule has 0 atom stereocenters. The van der Waals surface area contributed by atoms with Crippen LogP contribution < -0.4 is 5.73 Å². The van der Waals surface area contributed by atoms with Crippen LogP contribution >= 0.6 is 12.4 Å². The minimum absolute atomic E-state index is 0. The Morgan fingerprint density at radius 2 is 0.950 bits per heavy atom. The number of unbranched alkanes of at least 4 members (excludes halogenated alkanes) is 13. The number of nitrogens with two attached hydrogens (primary N) is 1. The summed E-state index contributed by atoms with van der Waals surface area (Å²) in [7, 11) is 0. The Balaban J connectivity index is 0. The number of halogens is 1. The number of hydrogen-bond donors (Lipinski definition) is 1. The van der Waals surface area contributed by atoms with Gasteiger partial charge in [0.2, 0.25) is 5.91 Å². The summed E-state index contributed by atoms with van der Waals surface area (Å²) in [4.78, 5) is 10.5. The molecule has 20 heavy (non-hydrogen) atoms. The third-order valence-corrected chi connectivity index (χ3v) is 3.78. The van der Waals surface area contributed by atoms with Crippen molar-refractivity contribution in [3.05, 3.63) is 0 Å². The average Bonchev–Trinajstić information content (AvgIpc) is 2.39. The summed E-state index contributed by atoms with van der Waals surface area (Å²) in [5.41, 5.74) is 5.10. The largest absolute Gasteiger partial charge is 0.370 e. The lowest BCUT2D eigenvalue weighted by molar-refractivity contribution is -0.118. The SMILES string of the molecule is CCCCCCCCCCCCCCCCC(N)=O.Cl. The molecule has 0 rings (SSSR count). The van der Waals surface area contributed by atoms with Crippen molar-refractivity contribution in [2.45, 2.75) is 103 Å². The molecular formula is C17H36ClNO. The van der Waals surface area contributed by atoms with E-state index in [1.165, 1.54) is 83.5 Å². The van der Waals surface area contributed by atoms with E-state index in [0.717, 1.165) is 6.42 Å². The summed E-state index contributed by atoms with van der Waals surface area (Å²) in [6, 6.07) is 0. The average molecular weight is 306 g/mol. The van der Waals surface area contributed by atoms with Gasteiger partial charge in [0.05, 0.1) is 0 Å². The fourth-order valence-corrected chi connectivity index (χ4v) is 2.49. The molecule has 0 saturated carbocycles. The molecule has 0 spiro atoms. The molecule has 0 aliphatic carbocycles. The van der Waals surface area contributed by atoms with Gasteiger partial charge in [-0.1, -0.05) is 90.4 Å². The van der Waals surface area contributed by atoms with Gasteiger partial charge in [0, 0.05) is 6.42 Å². The Bertz CT molecular complexity index is 197. The molecule has 0 aromatic rings. The van der Waals surface area contributed by atoms with Crippen molar-refractivity contribution in [2.75, 3.05) is 0 Å². The highest BCUT2D eigenvalue weighted by molar-refractivity contribution is 5.85. The van der Waals surface area contributed by atoms with Gasteiger partial charge in [0.15, 0.2) is 0 Å². The molecule has 3 heteroatoms. The van der Waals surface area contributed by atoms with E-state index in [1.54, 1.807) is 0 Å². The molecule has 0 fully saturated rings. The first-order chi connectivity index (χ1) is 9.27. The van der Waals surface area contributed by atoms with Crippen molar-refractivity contribution in [1.82, 2.24) is 0 Å². The van der Waals surface area contributed by atoms with E-state index in [-0.39, 0.29) is 18.3 Å². The fraction of sp³-hybridized carbons (Fsp3) is 0.941. The lowest BCUT2D eigenvalue weighted by Crippen LogP contribution is -2.09. The first kappa shape index (κ1) is 22.0. The minimum atomic E-state index is -0.154. The predicted octanol–water partition coefficient (Wildman–Crippen LogP) is 5.76. The zero-order valence-electron chi connectivity index (χ0n) is 13.5. The third-order valence-electron chi connectivity index (χ3n) is 3.78. The maximum atomic E-state index is 10.5. The maximum Gasteiger partial charge on any atom is 0.217 e. The lowest BCUT2D eigenvalue weighted by Gasteiger charge is -2.02. The van der Waals surface area contributed by atoms with Crippen LogP contribution in [-0.4, -0.2) is 5.91 Å². The molecule has 0 bridgehead atoms. The monoisotopic (exact) mass is 305 g/mol. The van der Waals surface area contributed by atoms with Crippen molar-refractivity contribution in [1.29, 1.82) is 0 Å². The van der Waals surface area contributed by atoms with Crippen molar-refractivity contribution < 1.29 is 4.79 Å². The first-order valence-corrected chi connectivity index (χ1v) is 8.55. The summed E-state index contributed by atoms with van der Waals surface area (Å²) in [6.07, 6.45) is 19.4. The summed E-state index contributed by atoms with van der Waals surface area (Å²) in [5, 5.41) is 0. The van der Waals surface area contributed by atoms with Gasteiger partial charge in [-0.15, -0.1) is 12.4 Å². The second kappa shape index (κ2) is 18.8. The Morgan fingerprint density at radius 1 is 0.650 bits per heavy atom. The summed E-state index contributed by atoms with van der Waals surface area (Å²) >= 11 is 0. The molecule has 0 aliphatic heterocycles. The molecule has 0 saturated heterocycles. The number of carbonyl (C=O) groups is 1. The smallest absolute Gasteiger partial charge is 0.217 e. The molecule has 0 unspecified atom stereocenters. The van der Waals surface area contributed by atoms with Gasteiger partial charge < -0.3 is 5.73 Å². The number of primary amides is 1. The van der Waals surface area contributed by atoms with E-state index < -0.39 is 0 Å². The van der Waals surface area contributed by atoms with E-state index in [4.69, 9.17) is 5.73 Å².